The number of aromatic nitrogens is 1. The maximum Gasteiger partial charge on any atom is 0.214 e. The summed E-state index contributed by atoms with van der Waals surface area (Å²) in [5, 5.41) is 6.94. The van der Waals surface area contributed by atoms with Gasteiger partial charge in [-0.1, -0.05) is 49.1 Å². The molecular formula is C25H37N5O. The van der Waals surface area contributed by atoms with Gasteiger partial charge < -0.3 is 20.0 Å². The van der Waals surface area contributed by atoms with E-state index in [2.05, 4.69) is 56.7 Å². The number of aryl methyl sites for hydroxylation is 1. The van der Waals surface area contributed by atoms with E-state index in [0.29, 0.717) is 18.5 Å². The average Bonchev–Trinajstić information content (AvgIpc) is 3.28. The molecule has 0 atom stereocenters. The van der Waals surface area contributed by atoms with Crippen LogP contribution in [0.25, 0.3) is 11.3 Å². The number of nitrogens with zero attached hydrogens (tertiary/aromatic N) is 3. The summed E-state index contributed by atoms with van der Waals surface area (Å²) in [6.07, 6.45) is 11.3. The van der Waals surface area contributed by atoms with Crippen molar-refractivity contribution in [2.24, 2.45) is 10.9 Å². The molecule has 31 heavy (non-hydrogen) atoms. The molecule has 0 spiro atoms. The predicted octanol–water partition coefficient (Wildman–Crippen LogP) is 4.36. The summed E-state index contributed by atoms with van der Waals surface area (Å²) in [5.74, 6) is 3.21. The topological polar surface area (TPSA) is 65.7 Å². The Labute approximate surface area is 186 Å². The first-order valence-corrected chi connectivity index (χ1v) is 11.9. The highest BCUT2D eigenvalue weighted by Gasteiger charge is 2.23. The third kappa shape index (κ3) is 6.33. The average molecular weight is 424 g/mol. The number of piperidine rings is 1. The van der Waals surface area contributed by atoms with E-state index in [1.807, 2.05) is 7.05 Å². The number of likely N-dealkylation sites (tertiary alicyclic amines) is 1. The number of guanidine groups is 1. The quantitative estimate of drug-likeness (QED) is 0.534. The molecule has 1 aromatic heterocycles. The summed E-state index contributed by atoms with van der Waals surface area (Å²) >= 11 is 0. The van der Waals surface area contributed by atoms with Gasteiger partial charge in [-0.15, -0.1) is 0 Å². The fourth-order valence-electron chi connectivity index (χ4n) is 4.79. The van der Waals surface area contributed by atoms with E-state index in [4.69, 9.17) is 4.42 Å². The van der Waals surface area contributed by atoms with Gasteiger partial charge in [0.05, 0.1) is 12.7 Å². The fourth-order valence-corrected chi connectivity index (χ4v) is 4.79. The van der Waals surface area contributed by atoms with E-state index >= 15 is 0 Å². The molecule has 0 unspecified atom stereocenters. The zero-order chi connectivity index (χ0) is 21.5. The van der Waals surface area contributed by atoms with Crippen LogP contribution in [0.3, 0.4) is 0 Å². The molecule has 1 aliphatic heterocycles. The van der Waals surface area contributed by atoms with E-state index in [-0.39, 0.29) is 0 Å². The zero-order valence-corrected chi connectivity index (χ0v) is 19.1. The number of aliphatic imine (C=N–C) groups is 1. The van der Waals surface area contributed by atoms with E-state index < -0.39 is 0 Å². The summed E-state index contributed by atoms with van der Waals surface area (Å²) < 4.78 is 5.92. The van der Waals surface area contributed by atoms with Crippen molar-refractivity contribution in [2.45, 2.75) is 64.5 Å². The lowest BCUT2D eigenvalue weighted by molar-refractivity contribution is 0.160. The fraction of sp³-hybridized carbons (Fsp3) is 0.600. The van der Waals surface area contributed by atoms with E-state index in [9.17, 15) is 0 Å². The van der Waals surface area contributed by atoms with Crippen molar-refractivity contribution in [1.82, 2.24) is 20.5 Å². The molecule has 2 fully saturated rings. The highest BCUT2D eigenvalue weighted by atomic mass is 16.4. The van der Waals surface area contributed by atoms with Gasteiger partial charge in [0, 0.05) is 38.3 Å². The van der Waals surface area contributed by atoms with Gasteiger partial charge in [0.15, 0.2) is 11.7 Å². The van der Waals surface area contributed by atoms with Crippen LogP contribution in [-0.4, -0.2) is 48.6 Å². The molecule has 1 saturated heterocycles. The first-order chi connectivity index (χ1) is 15.2. The number of nitrogens with one attached hydrogen (secondary N) is 2. The van der Waals surface area contributed by atoms with Crippen LogP contribution in [0.4, 0.5) is 0 Å². The molecule has 168 valence electrons. The second-order valence-electron chi connectivity index (χ2n) is 9.13. The van der Waals surface area contributed by atoms with Crippen LogP contribution in [0.2, 0.25) is 0 Å². The molecule has 0 bridgehead atoms. The lowest BCUT2D eigenvalue weighted by Gasteiger charge is -2.36. The van der Waals surface area contributed by atoms with Crippen LogP contribution in [0, 0.1) is 12.8 Å². The highest BCUT2D eigenvalue weighted by molar-refractivity contribution is 5.79. The second-order valence-corrected chi connectivity index (χ2v) is 9.13. The van der Waals surface area contributed by atoms with Crippen molar-refractivity contribution in [3.05, 3.63) is 41.9 Å². The smallest absolute Gasteiger partial charge is 0.214 e. The van der Waals surface area contributed by atoms with Gasteiger partial charge in [-0.2, -0.15) is 0 Å². The second kappa shape index (κ2) is 10.8. The van der Waals surface area contributed by atoms with Gasteiger partial charge >= 0.3 is 0 Å². The molecule has 1 saturated carbocycles. The zero-order valence-electron chi connectivity index (χ0n) is 19.1. The van der Waals surface area contributed by atoms with E-state index in [1.54, 1.807) is 6.20 Å². The molecule has 6 heteroatoms. The minimum absolute atomic E-state index is 0.474. The summed E-state index contributed by atoms with van der Waals surface area (Å²) in [6, 6.07) is 8.77. The summed E-state index contributed by atoms with van der Waals surface area (Å²) in [5.41, 5.74) is 2.28. The van der Waals surface area contributed by atoms with Gasteiger partial charge in [-0.3, -0.25) is 4.99 Å². The van der Waals surface area contributed by atoms with Crippen LogP contribution < -0.4 is 10.6 Å². The molecule has 1 aliphatic carbocycles. The van der Waals surface area contributed by atoms with E-state index in [0.717, 1.165) is 23.2 Å². The number of benzene rings is 1. The number of rotatable bonds is 6. The monoisotopic (exact) mass is 423 g/mol. The Morgan fingerprint density at radius 2 is 1.84 bits per heavy atom. The van der Waals surface area contributed by atoms with Crippen molar-refractivity contribution in [2.75, 3.05) is 26.7 Å². The maximum absolute atomic E-state index is 5.92. The summed E-state index contributed by atoms with van der Waals surface area (Å²) in [6.45, 7) is 6.27. The van der Waals surface area contributed by atoms with Gasteiger partial charge in [-0.05, 0) is 38.5 Å². The first-order valence-electron chi connectivity index (χ1n) is 11.9. The van der Waals surface area contributed by atoms with Crippen LogP contribution in [0.1, 0.15) is 56.4 Å². The third-order valence-corrected chi connectivity index (χ3v) is 6.69. The molecular weight excluding hydrogens is 386 g/mol. The lowest BCUT2D eigenvalue weighted by atomic mass is 9.88. The van der Waals surface area contributed by atoms with E-state index in [1.165, 1.54) is 70.1 Å². The summed E-state index contributed by atoms with van der Waals surface area (Å²) in [7, 11) is 1.82. The SMILES string of the molecule is CN=C(NCc1ncc(-c2ccc(C)cc2)o1)NC1CCN(CC2CCCCC2)CC1. The molecule has 6 nitrogen and oxygen atoms in total. The maximum atomic E-state index is 5.92. The Bertz CT molecular complexity index is 830. The molecule has 1 aromatic carbocycles. The molecule has 0 amide bonds. The van der Waals surface area contributed by atoms with Gasteiger partial charge in [0.25, 0.3) is 0 Å². The lowest BCUT2D eigenvalue weighted by Crippen LogP contribution is -2.49. The van der Waals surface area contributed by atoms with Crippen molar-refractivity contribution in [3.63, 3.8) is 0 Å². The number of oxazole rings is 1. The van der Waals surface area contributed by atoms with Gasteiger partial charge in [0.1, 0.15) is 0 Å². The highest BCUT2D eigenvalue weighted by Crippen LogP contribution is 2.25. The minimum Gasteiger partial charge on any atom is -0.439 e. The molecule has 0 radical (unpaired) electrons. The van der Waals surface area contributed by atoms with Crippen LogP contribution in [0.5, 0.6) is 0 Å². The number of hydrogen-bond donors (Lipinski definition) is 2. The minimum atomic E-state index is 0.474. The largest absolute Gasteiger partial charge is 0.439 e. The molecule has 2 aromatic rings. The summed E-state index contributed by atoms with van der Waals surface area (Å²) in [4.78, 5) is 11.5. The third-order valence-electron chi connectivity index (χ3n) is 6.69. The van der Waals surface area contributed by atoms with Crippen LogP contribution in [-0.2, 0) is 6.54 Å². The standard InChI is InChI=1S/C25H37N5O/c1-19-8-10-21(11-9-19)23-16-27-24(31-23)17-28-25(26-2)29-22-12-14-30(15-13-22)18-20-6-4-3-5-7-20/h8-11,16,20,22H,3-7,12-15,17-18H2,1-2H3,(H2,26,28,29). The first kappa shape index (κ1) is 21.9. The normalized spacial score (nSPS) is 19.5. The van der Waals surface area contributed by atoms with Crippen molar-refractivity contribution in [3.8, 4) is 11.3 Å². The van der Waals surface area contributed by atoms with Crippen molar-refractivity contribution < 1.29 is 4.42 Å². The number of hydrogen-bond acceptors (Lipinski definition) is 4. The van der Waals surface area contributed by atoms with Crippen molar-refractivity contribution in [1.29, 1.82) is 0 Å². The molecule has 2 heterocycles. The Balaban J connectivity index is 1.20. The predicted molar refractivity (Wildman–Crippen MR) is 126 cm³/mol. The Morgan fingerprint density at radius 1 is 1.10 bits per heavy atom. The molecule has 2 N–H and O–H groups in total. The van der Waals surface area contributed by atoms with Crippen LogP contribution in [0.15, 0.2) is 39.9 Å². The van der Waals surface area contributed by atoms with Gasteiger partial charge in [0.2, 0.25) is 5.89 Å². The molecule has 2 aliphatic rings. The van der Waals surface area contributed by atoms with Crippen molar-refractivity contribution >= 4 is 5.96 Å². The Kier molecular flexibility index (Phi) is 7.62. The van der Waals surface area contributed by atoms with Crippen LogP contribution >= 0.6 is 0 Å². The Hall–Kier alpha value is -2.34. The molecule has 4 rings (SSSR count). The van der Waals surface area contributed by atoms with Gasteiger partial charge in [-0.25, -0.2) is 4.98 Å². The Morgan fingerprint density at radius 3 is 2.55 bits per heavy atom.